The fourth-order valence-corrected chi connectivity index (χ4v) is 1.26. The number of rotatable bonds is 4. The highest BCUT2D eigenvalue weighted by atomic mass is 16.4. The fourth-order valence-electron chi connectivity index (χ4n) is 1.26. The minimum absolute atomic E-state index is 0.0809. The zero-order valence-corrected chi connectivity index (χ0v) is 8.48. The third kappa shape index (κ3) is 2.68. The molecule has 0 aliphatic carbocycles. The highest BCUT2D eigenvalue weighted by Crippen LogP contribution is 2.23. The number of phenolic OH excluding ortho intramolecular Hbond substituents is 1. The quantitative estimate of drug-likeness (QED) is 0.522. The first-order valence-corrected chi connectivity index (χ1v) is 4.41. The summed E-state index contributed by atoms with van der Waals surface area (Å²) in [4.78, 5) is 32.2. The van der Waals surface area contributed by atoms with E-state index < -0.39 is 18.0 Å². The molecule has 0 saturated carbocycles. The van der Waals surface area contributed by atoms with Gasteiger partial charge in [0.1, 0.15) is 5.75 Å². The molecule has 0 aliphatic rings. The first-order chi connectivity index (χ1) is 7.97. The molecule has 1 unspecified atom stereocenters. The molecule has 1 aromatic rings. The summed E-state index contributed by atoms with van der Waals surface area (Å²) in [5.74, 6) is -1.54. The van der Waals surface area contributed by atoms with Crippen LogP contribution >= 0.6 is 0 Å². The van der Waals surface area contributed by atoms with Gasteiger partial charge < -0.3 is 15.9 Å². The maximum Gasteiger partial charge on any atom is 0.338 e. The van der Waals surface area contributed by atoms with Crippen LogP contribution in [0.2, 0.25) is 0 Å². The maximum atomic E-state index is 11.0. The second-order valence-corrected chi connectivity index (χ2v) is 3.10. The van der Waals surface area contributed by atoms with Crippen LogP contribution in [0.1, 0.15) is 11.6 Å². The molecule has 0 saturated heterocycles. The minimum atomic E-state index is -1.62. The lowest BCUT2D eigenvalue weighted by molar-refractivity contribution is -0.142. The second-order valence-electron chi connectivity index (χ2n) is 3.10. The molecule has 8 heteroatoms. The van der Waals surface area contributed by atoms with Gasteiger partial charge in [-0.3, -0.25) is 0 Å². The van der Waals surface area contributed by atoms with Crippen molar-refractivity contribution in [1.29, 1.82) is 0 Å². The number of benzene rings is 1. The molecule has 90 valence electrons. The normalized spacial score (nSPS) is 11.5. The molecular weight excluding hydrogens is 230 g/mol. The smallest absolute Gasteiger partial charge is 0.338 e. The number of nitrogens with zero attached hydrogens (tertiary/aromatic N) is 2. The molecule has 0 aliphatic heterocycles. The topological polar surface area (TPSA) is 133 Å². The summed E-state index contributed by atoms with van der Waals surface area (Å²) in [6.07, 6.45) is 0. The van der Waals surface area contributed by atoms with E-state index in [9.17, 15) is 14.5 Å². The number of carboxylic acids is 1. The van der Waals surface area contributed by atoms with Crippen molar-refractivity contribution in [2.24, 2.45) is 11.0 Å². The number of carboxylic acid groups (broad SMARTS) is 1. The number of nitrogens with two attached hydrogens (primary N) is 1. The summed E-state index contributed by atoms with van der Waals surface area (Å²) < 4.78 is 0. The highest BCUT2D eigenvalue weighted by molar-refractivity contribution is 5.82. The van der Waals surface area contributed by atoms with E-state index in [1.165, 1.54) is 24.3 Å². The van der Waals surface area contributed by atoms with Gasteiger partial charge in [-0.15, -0.1) is 4.91 Å². The van der Waals surface area contributed by atoms with Crippen LogP contribution in [0.4, 0.5) is 4.79 Å². The SMILES string of the molecule is NC(=O)N(N=O)C(C(=O)O)c1ccc(O)cc1. The van der Waals surface area contributed by atoms with Crippen molar-refractivity contribution in [2.75, 3.05) is 0 Å². The number of aliphatic carboxylic acids is 1. The summed E-state index contributed by atoms with van der Waals surface area (Å²) in [6.45, 7) is 0. The van der Waals surface area contributed by atoms with Crippen molar-refractivity contribution in [3.05, 3.63) is 34.7 Å². The third-order valence-corrected chi connectivity index (χ3v) is 2.00. The summed E-state index contributed by atoms with van der Waals surface area (Å²) in [7, 11) is 0. The van der Waals surface area contributed by atoms with Crippen molar-refractivity contribution in [2.45, 2.75) is 6.04 Å². The molecule has 0 spiro atoms. The lowest BCUT2D eigenvalue weighted by Crippen LogP contribution is -2.38. The van der Waals surface area contributed by atoms with Gasteiger partial charge in [0.15, 0.2) is 6.04 Å². The number of phenols is 1. The van der Waals surface area contributed by atoms with Crippen LogP contribution in [-0.2, 0) is 4.79 Å². The molecular formula is C9H9N3O5. The average molecular weight is 239 g/mol. The van der Waals surface area contributed by atoms with Crippen LogP contribution < -0.4 is 5.73 Å². The van der Waals surface area contributed by atoms with Crippen LogP contribution in [0.3, 0.4) is 0 Å². The van der Waals surface area contributed by atoms with Crippen LogP contribution in [0.5, 0.6) is 5.75 Å². The molecule has 0 fully saturated rings. The number of primary amides is 1. The van der Waals surface area contributed by atoms with Gasteiger partial charge in [-0.2, -0.15) is 5.01 Å². The van der Waals surface area contributed by atoms with E-state index in [4.69, 9.17) is 15.9 Å². The van der Waals surface area contributed by atoms with Gasteiger partial charge in [0, 0.05) is 0 Å². The van der Waals surface area contributed by atoms with Crippen LogP contribution in [0.25, 0.3) is 0 Å². The summed E-state index contributed by atoms with van der Waals surface area (Å²) in [5.41, 5.74) is 4.93. The Morgan fingerprint density at radius 1 is 1.29 bits per heavy atom. The van der Waals surface area contributed by atoms with Crippen molar-refractivity contribution in [3.8, 4) is 5.75 Å². The molecule has 0 aromatic heterocycles. The maximum absolute atomic E-state index is 11.0. The predicted octanol–water partition coefficient (Wildman–Crippen LogP) is 0.580. The molecule has 1 atom stereocenters. The standard InChI is InChI=1S/C9H9N3O5/c10-9(16)12(11-17)7(8(14)15)5-1-3-6(13)4-2-5/h1-4,7,13H,(H2,10,16)(H,14,15). The molecule has 8 nitrogen and oxygen atoms in total. The largest absolute Gasteiger partial charge is 0.508 e. The Hall–Kier alpha value is -2.64. The van der Waals surface area contributed by atoms with Crippen molar-refractivity contribution >= 4 is 12.0 Å². The zero-order chi connectivity index (χ0) is 13.0. The summed E-state index contributed by atoms with van der Waals surface area (Å²) in [5, 5.41) is 20.4. The Balaban J connectivity index is 3.17. The second kappa shape index (κ2) is 4.92. The highest BCUT2D eigenvalue weighted by Gasteiger charge is 2.31. The first kappa shape index (κ1) is 12.4. The van der Waals surface area contributed by atoms with Gasteiger partial charge >= 0.3 is 12.0 Å². The Labute approximate surface area is 95.2 Å². The number of aromatic hydroxyl groups is 1. The zero-order valence-electron chi connectivity index (χ0n) is 8.48. The van der Waals surface area contributed by atoms with Gasteiger partial charge in [-0.1, -0.05) is 12.1 Å². The first-order valence-electron chi connectivity index (χ1n) is 4.41. The molecule has 4 N–H and O–H groups in total. The van der Waals surface area contributed by atoms with Crippen LogP contribution in [0.15, 0.2) is 29.6 Å². The monoisotopic (exact) mass is 239 g/mol. The van der Waals surface area contributed by atoms with Gasteiger partial charge in [0.2, 0.25) is 0 Å². The summed E-state index contributed by atoms with van der Waals surface area (Å²) >= 11 is 0. The van der Waals surface area contributed by atoms with E-state index >= 15 is 0 Å². The van der Waals surface area contributed by atoms with E-state index in [1.807, 2.05) is 0 Å². The molecule has 17 heavy (non-hydrogen) atoms. The van der Waals surface area contributed by atoms with Gasteiger partial charge in [0.05, 0.1) is 5.29 Å². The van der Waals surface area contributed by atoms with Gasteiger partial charge in [-0.25, -0.2) is 9.59 Å². The predicted molar refractivity (Wildman–Crippen MR) is 55.7 cm³/mol. The van der Waals surface area contributed by atoms with E-state index in [0.29, 0.717) is 0 Å². The van der Waals surface area contributed by atoms with Crippen LogP contribution in [0, 0.1) is 4.91 Å². The number of nitroso groups, excluding NO2 is 1. The number of carbonyl (C=O) groups excluding carboxylic acids is 1. The molecule has 0 bridgehead atoms. The van der Waals surface area contributed by atoms with E-state index in [-0.39, 0.29) is 16.3 Å². The molecule has 0 heterocycles. The van der Waals surface area contributed by atoms with E-state index in [1.54, 1.807) is 0 Å². The number of amides is 2. The van der Waals surface area contributed by atoms with E-state index in [0.717, 1.165) is 0 Å². The lowest BCUT2D eigenvalue weighted by atomic mass is 10.1. The molecule has 1 rings (SSSR count). The molecule has 0 radical (unpaired) electrons. The Morgan fingerprint density at radius 3 is 2.18 bits per heavy atom. The van der Waals surface area contributed by atoms with Crippen molar-refractivity contribution < 1.29 is 19.8 Å². The number of urea groups is 1. The number of hydrogen-bond acceptors (Lipinski definition) is 5. The van der Waals surface area contributed by atoms with Crippen LogP contribution in [-0.4, -0.2) is 27.2 Å². The lowest BCUT2D eigenvalue weighted by Gasteiger charge is -2.19. The van der Waals surface area contributed by atoms with Crippen molar-refractivity contribution in [3.63, 3.8) is 0 Å². The number of carbonyl (C=O) groups is 2. The Morgan fingerprint density at radius 2 is 1.82 bits per heavy atom. The van der Waals surface area contributed by atoms with E-state index in [2.05, 4.69) is 5.29 Å². The van der Waals surface area contributed by atoms with Gasteiger partial charge in [0.25, 0.3) is 0 Å². The van der Waals surface area contributed by atoms with Crippen molar-refractivity contribution in [1.82, 2.24) is 5.01 Å². The minimum Gasteiger partial charge on any atom is -0.508 e. The summed E-state index contributed by atoms with van der Waals surface area (Å²) in [6, 6.07) is 2.03. The fraction of sp³-hybridized carbons (Fsp3) is 0.111. The molecule has 2 amide bonds. The number of hydrogen-bond donors (Lipinski definition) is 3. The van der Waals surface area contributed by atoms with Gasteiger partial charge in [-0.05, 0) is 17.7 Å². The molecule has 1 aromatic carbocycles. The Bertz CT molecular complexity index is 444. The average Bonchev–Trinajstić information content (AvgIpc) is 2.26. The Kier molecular flexibility index (Phi) is 3.60. The third-order valence-electron chi connectivity index (χ3n) is 2.00.